The quantitative estimate of drug-likeness (QED) is 0.843. The fourth-order valence-electron chi connectivity index (χ4n) is 2.35. The van der Waals surface area contributed by atoms with Crippen LogP contribution >= 0.6 is 11.6 Å². The third-order valence-electron chi connectivity index (χ3n) is 3.49. The molecule has 1 fully saturated rings. The zero-order valence-corrected chi connectivity index (χ0v) is 13.8. The highest BCUT2D eigenvalue weighted by Gasteiger charge is 2.40. The molecule has 8 nitrogen and oxygen atoms in total. The van der Waals surface area contributed by atoms with Crippen molar-refractivity contribution in [2.45, 2.75) is 17.1 Å². The van der Waals surface area contributed by atoms with Gasteiger partial charge in [0.15, 0.2) is 5.75 Å². The number of halogens is 1. The van der Waals surface area contributed by atoms with E-state index in [0.717, 1.165) is 4.31 Å². The van der Waals surface area contributed by atoms with Gasteiger partial charge in [0, 0.05) is 26.0 Å². The molecule has 0 radical (unpaired) electrons. The van der Waals surface area contributed by atoms with Gasteiger partial charge in [-0.25, -0.2) is 8.42 Å². The minimum absolute atomic E-state index is 0.0146. The molecule has 0 saturated carbocycles. The predicted octanol–water partition coefficient (Wildman–Crippen LogP) is 0.281. The lowest BCUT2D eigenvalue weighted by atomic mass is 10.3. The third kappa shape index (κ3) is 3.32. The number of aryl methyl sites for hydroxylation is 1. The molecule has 124 valence electrons. The summed E-state index contributed by atoms with van der Waals surface area (Å²) in [5, 5.41) is 14.3. The molecule has 1 aliphatic heterocycles. The normalized spacial score (nSPS) is 22.4. The van der Waals surface area contributed by atoms with E-state index in [-0.39, 0.29) is 23.0 Å². The highest BCUT2D eigenvalue weighted by molar-refractivity contribution is 7.89. The Morgan fingerprint density at radius 3 is 2.78 bits per heavy atom. The lowest BCUT2D eigenvalue weighted by Crippen LogP contribution is -2.31. The van der Waals surface area contributed by atoms with Gasteiger partial charge in [-0.05, 0) is 6.07 Å². The molecule has 3 heterocycles. The summed E-state index contributed by atoms with van der Waals surface area (Å²) < 4.78 is 33.5. The molecule has 0 spiro atoms. The zero-order chi connectivity index (χ0) is 16.6. The number of hydrogen-bond acceptors (Lipinski definition) is 6. The van der Waals surface area contributed by atoms with Crippen LogP contribution in [0.5, 0.6) is 5.75 Å². The maximum Gasteiger partial charge on any atom is 0.244 e. The summed E-state index contributed by atoms with van der Waals surface area (Å²) in [6.07, 6.45) is 4.13. The minimum Gasteiger partial charge on any atom is -0.483 e. The average molecular weight is 359 g/mol. The van der Waals surface area contributed by atoms with Crippen LogP contribution in [0.25, 0.3) is 0 Å². The van der Waals surface area contributed by atoms with Crippen molar-refractivity contribution in [1.29, 1.82) is 0 Å². The van der Waals surface area contributed by atoms with Gasteiger partial charge in [-0.1, -0.05) is 11.6 Å². The van der Waals surface area contributed by atoms with Gasteiger partial charge in [0.1, 0.15) is 17.1 Å². The Kier molecular flexibility index (Phi) is 4.28. The van der Waals surface area contributed by atoms with Crippen LogP contribution in [0.2, 0.25) is 5.02 Å². The van der Waals surface area contributed by atoms with Gasteiger partial charge in [0.05, 0.1) is 24.0 Å². The molecule has 0 aromatic carbocycles. The molecule has 0 amide bonds. The van der Waals surface area contributed by atoms with Crippen molar-refractivity contribution in [2.24, 2.45) is 7.05 Å². The van der Waals surface area contributed by atoms with Gasteiger partial charge in [0.2, 0.25) is 10.0 Å². The second-order valence-corrected chi connectivity index (χ2v) is 7.61. The molecule has 1 saturated heterocycles. The third-order valence-corrected chi connectivity index (χ3v) is 5.49. The van der Waals surface area contributed by atoms with Crippen LogP contribution in [0.3, 0.4) is 0 Å². The van der Waals surface area contributed by atoms with E-state index in [1.165, 1.54) is 24.7 Å². The highest BCUT2D eigenvalue weighted by Crippen LogP contribution is 2.25. The first kappa shape index (κ1) is 16.2. The molecule has 2 aromatic rings. The van der Waals surface area contributed by atoms with Gasteiger partial charge in [0.25, 0.3) is 0 Å². The number of hydrogen-bond donors (Lipinski definition) is 1. The molecule has 0 unspecified atom stereocenters. The zero-order valence-electron chi connectivity index (χ0n) is 12.2. The van der Waals surface area contributed by atoms with E-state index < -0.39 is 22.2 Å². The predicted molar refractivity (Wildman–Crippen MR) is 81.6 cm³/mol. The molecule has 2 atom stereocenters. The number of ether oxygens (including phenoxy) is 1. The van der Waals surface area contributed by atoms with Gasteiger partial charge in [-0.2, -0.15) is 9.40 Å². The number of pyridine rings is 1. The Labute approximate surface area is 138 Å². The van der Waals surface area contributed by atoms with E-state index in [2.05, 4.69) is 10.1 Å². The van der Waals surface area contributed by atoms with E-state index in [4.69, 9.17) is 16.3 Å². The molecule has 23 heavy (non-hydrogen) atoms. The molecular formula is C13H15ClN4O4S. The Morgan fingerprint density at radius 1 is 1.35 bits per heavy atom. The fourth-order valence-corrected chi connectivity index (χ4v) is 4.05. The van der Waals surface area contributed by atoms with E-state index in [1.807, 2.05) is 0 Å². The summed E-state index contributed by atoms with van der Waals surface area (Å²) in [7, 11) is -2.05. The van der Waals surface area contributed by atoms with Crippen LogP contribution in [0.1, 0.15) is 0 Å². The van der Waals surface area contributed by atoms with Crippen molar-refractivity contribution in [3.05, 3.63) is 35.9 Å². The first-order valence-electron chi connectivity index (χ1n) is 6.80. The lowest BCUT2D eigenvalue weighted by molar-refractivity contribution is 0.0737. The summed E-state index contributed by atoms with van der Waals surface area (Å²) in [6, 6.07) is 1.32. The Morgan fingerprint density at radius 2 is 2.13 bits per heavy atom. The Balaban J connectivity index is 1.77. The highest BCUT2D eigenvalue weighted by atomic mass is 35.5. The van der Waals surface area contributed by atoms with Crippen molar-refractivity contribution in [3.8, 4) is 5.75 Å². The largest absolute Gasteiger partial charge is 0.483 e. The minimum atomic E-state index is -3.79. The van der Waals surface area contributed by atoms with Crippen LogP contribution < -0.4 is 4.74 Å². The maximum atomic E-state index is 12.6. The molecule has 10 heteroatoms. The number of aliphatic hydroxyl groups is 1. The SMILES string of the molecule is Cn1cc(O[C@@H]2CN(S(=O)(=O)c3cncc(Cl)c3)C[C@H]2O)cn1. The van der Waals surface area contributed by atoms with E-state index in [1.54, 1.807) is 17.9 Å². The monoisotopic (exact) mass is 358 g/mol. The first-order chi connectivity index (χ1) is 10.9. The summed E-state index contributed by atoms with van der Waals surface area (Å²) in [4.78, 5) is 3.77. The van der Waals surface area contributed by atoms with Gasteiger partial charge in [-0.15, -0.1) is 0 Å². The molecular weight excluding hydrogens is 344 g/mol. The number of rotatable bonds is 4. The van der Waals surface area contributed by atoms with Crippen LogP contribution in [0, 0.1) is 0 Å². The van der Waals surface area contributed by atoms with Gasteiger partial charge >= 0.3 is 0 Å². The number of nitrogens with zero attached hydrogens (tertiary/aromatic N) is 4. The van der Waals surface area contributed by atoms with Crippen molar-refractivity contribution in [2.75, 3.05) is 13.1 Å². The lowest BCUT2D eigenvalue weighted by Gasteiger charge is -2.16. The molecule has 3 rings (SSSR count). The van der Waals surface area contributed by atoms with Crippen molar-refractivity contribution in [1.82, 2.24) is 19.1 Å². The van der Waals surface area contributed by atoms with Crippen molar-refractivity contribution < 1.29 is 18.3 Å². The van der Waals surface area contributed by atoms with Gasteiger partial charge < -0.3 is 9.84 Å². The fraction of sp³-hybridized carbons (Fsp3) is 0.385. The maximum absolute atomic E-state index is 12.6. The number of β-amino-alcohol motifs (C(OH)–C–C–N with tert-alkyl or cyclic N) is 1. The summed E-state index contributed by atoms with van der Waals surface area (Å²) in [5.41, 5.74) is 0. The second kappa shape index (κ2) is 6.08. The van der Waals surface area contributed by atoms with E-state index in [9.17, 15) is 13.5 Å². The number of aliphatic hydroxyl groups excluding tert-OH is 1. The first-order valence-corrected chi connectivity index (χ1v) is 8.62. The van der Waals surface area contributed by atoms with Crippen LogP contribution in [0.15, 0.2) is 35.7 Å². The molecule has 1 aliphatic rings. The van der Waals surface area contributed by atoms with Gasteiger partial charge in [-0.3, -0.25) is 9.67 Å². The molecule has 1 N–H and O–H groups in total. The van der Waals surface area contributed by atoms with Crippen LogP contribution in [-0.2, 0) is 17.1 Å². The van der Waals surface area contributed by atoms with Crippen molar-refractivity contribution in [3.63, 3.8) is 0 Å². The standard InChI is InChI=1S/C13H15ClN4O4S/c1-17-6-10(4-16-17)22-13-8-18(7-12(13)19)23(20,21)11-2-9(14)3-15-5-11/h2-6,12-13,19H,7-8H2,1H3/t12-,13-/m1/s1. The van der Waals surface area contributed by atoms with Crippen LogP contribution in [-0.4, -0.2) is 57.9 Å². The smallest absolute Gasteiger partial charge is 0.244 e. The average Bonchev–Trinajstić information content (AvgIpc) is 3.06. The molecule has 0 aliphatic carbocycles. The number of aromatic nitrogens is 3. The molecule has 2 aromatic heterocycles. The molecule has 0 bridgehead atoms. The van der Waals surface area contributed by atoms with Crippen LogP contribution in [0.4, 0.5) is 0 Å². The van der Waals surface area contributed by atoms with E-state index in [0.29, 0.717) is 5.75 Å². The Hall–Kier alpha value is -1.68. The number of sulfonamides is 1. The second-order valence-electron chi connectivity index (χ2n) is 5.23. The summed E-state index contributed by atoms with van der Waals surface area (Å²) >= 11 is 5.80. The van der Waals surface area contributed by atoms with Crippen molar-refractivity contribution >= 4 is 21.6 Å². The topological polar surface area (TPSA) is 97.6 Å². The van der Waals surface area contributed by atoms with E-state index >= 15 is 0 Å². The summed E-state index contributed by atoms with van der Waals surface area (Å²) in [6.45, 7) is -0.0231. The summed E-state index contributed by atoms with van der Waals surface area (Å²) in [5.74, 6) is 0.472. The Bertz CT molecular complexity index is 810.